The molecule has 0 unspecified atom stereocenters. The van der Waals surface area contributed by atoms with Gasteiger partial charge in [-0.2, -0.15) is 0 Å². The van der Waals surface area contributed by atoms with Crippen molar-refractivity contribution in [1.82, 2.24) is 15.2 Å². The van der Waals surface area contributed by atoms with Gasteiger partial charge >= 0.3 is 0 Å². The summed E-state index contributed by atoms with van der Waals surface area (Å²) >= 11 is 0. The third kappa shape index (κ3) is 6.95. The lowest BCUT2D eigenvalue weighted by Gasteiger charge is -2.34. The third-order valence-corrected chi connectivity index (χ3v) is 5.21. The Bertz CT molecular complexity index is 596. The molecule has 0 bridgehead atoms. The van der Waals surface area contributed by atoms with Gasteiger partial charge < -0.3 is 24.4 Å². The number of guanidine groups is 1. The number of nitrogens with zero attached hydrogens (tertiary/aromatic N) is 3. The smallest absolute Gasteiger partial charge is 0.213 e. The van der Waals surface area contributed by atoms with Crippen molar-refractivity contribution < 1.29 is 14.2 Å². The minimum atomic E-state index is 0.346. The molecule has 0 aromatic carbocycles. The van der Waals surface area contributed by atoms with E-state index in [-0.39, 0.29) is 0 Å². The fraction of sp³-hybridized carbons (Fsp3) is 0.714. The van der Waals surface area contributed by atoms with E-state index in [1.807, 2.05) is 19.3 Å². The fourth-order valence-corrected chi connectivity index (χ4v) is 3.29. The van der Waals surface area contributed by atoms with Crippen molar-refractivity contribution in [2.24, 2.45) is 10.9 Å². The second kappa shape index (κ2) is 11.2. The molecular weight excluding hydrogens is 356 g/mol. The highest BCUT2D eigenvalue weighted by Crippen LogP contribution is 2.29. The van der Waals surface area contributed by atoms with Gasteiger partial charge in [-0.1, -0.05) is 6.07 Å². The quantitative estimate of drug-likeness (QED) is 0.376. The topological polar surface area (TPSA) is 68.2 Å². The number of likely N-dealkylation sites (tertiary alicyclic amines) is 1. The largest absolute Gasteiger partial charge is 0.477 e. The van der Waals surface area contributed by atoms with Gasteiger partial charge in [0.05, 0.1) is 12.7 Å². The standard InChI is InChI=1S/C21H34N4O3/c1-22-21(25-10-8-19(9-11-25)27-13-3-12-26-2)24-15-18-6-7-20(23-14-18)28-16-17-4-5-17/h6-7,14,17,19H,3-5,8-13,15-16H2,1-2H3,(H,22,24). The molecule has 7 heteroatoms. The number of rotatable bonds is 10. The maximum Gasteiger partial charge on any atom is 0.213 e. The van der Waals surface area contributed by atoms with Crippen LogP contribution < -0.4 is 10.1 Å². The van der Waals surface area contributed by atoms with E-state index in [0.717, 1.165) is 69.6 Å². The highest BCUT2D eigenvalue weighted by Gasteiger charge is 2.22. The van der Waals surface area contributed by atoms with Crippen LogP contribution in [0.25, 0.3) is 0 Å². The van der Waals surface area contributed by atoms with E-state index >= 15 is 0 Å². The average molecular weight is 391 g/mol. The summed E-state index contributed by atoms with van der Waals surface area (Å²) in [5.41, 5.74) is 1.12. The van der Waals surface area contributed by atoms with Crippen LogP contribution in [0.2, 0.25) is 0 Å². The van der Waals surface area contributed by atoms with E-state index in [0.29, 0.717) is 18.5 Å². The zero-order valence-corrected chi connectivity index (χ0v) is 17.2. The van der Waals surface area contributed by atoms with Crippen LogP contribution in [0.3, 0.4) is 0 Å². The highest BCUT2D eigenvalue weighted by molar-refractivity contribution is 5.79. The lowest BCUT2D eigenvalue weighted by Crippen LogP contribution is -2.46. The van der Waals surface area contributed by atoms with Crippen LogP contribution in [0.1, 0.15) is 37.7 Å². The monoisotopic (exact) mass is 390 g/mol. The van der Waals surface area contributed by atoms with Crippen LogP contribution >= 0.6 is 0 Å². The van der Waals surface area contributed by atoms with Crippen molar-refractivity contribution in [2.75, 3.05) is 47.1 Å². The Kier molecular flexibility index (Phi) is 8.36. The number of nitrogens with one attached hydrogen (secondary N) is 1. The minimum Gasteiger partial charge on any atom is -0.477 e. The van der Waals surface area contributed by atoms with Gasteiger partial charge in [-0.05, 0) is 43.6 Å². The lowest BCUT2D eigenvalue weighted by molar-refractivity contribution is 0.00989. The predicted octanol–water partition coefficient (Wildman–Crippen LogP) is 2.46. The Morgan fingerprint density at radius 1 is 1.21 bits per heavy atom. The van der Waals surface area contributed by atoms with Gasteiger partial charge in [-0.3, -0.25) is 4.99 Å². The number of methoxy groups -OCH3 is 1. The molecule has 3 rings (SSSR count). The molecule has 2 aliphatic rings. The van der Waals surface area contributed by atoms with Gasteiger partial charge in [0.2, 0.25) is 5.88 Å². The van der Waals surface area contributed by atoms with E-state index in [1.54, 1.807) is 7.11 Å². The number of aliphatic imine (C=N–C) groups is 1. The summed E-state index contributed by atoms with van der Waals surface area (Å²) in [6.07, 6.45) is 7.82. The van der Waals surface area contributed by atoms with E-state index < -0.39 is 0 Å². The second-order valence-corrected chi connectivity index (χ2v) is 7.56. The number of ether oxygens (including phenoxy) is 3. The zero-order chi connectivity index (χ0) is 19.6. The molecule has 156 valence electrons. The Balaban J connectivity index is 1.36. The summed E-state index contributed by atoms with van der Waals surface area (Å²) in [4.78, 5) is 11.1. The predicted molar refractivity (Wildman–Crippen MR) is 110 cm³/mol. The van der Waals surface area contributed by atoms with Crippen LogP contribution in [0.4, 0.5) is 0 Å². The molecule has 0 atom stereocenters. The Hall–Kier alpha value is -1.86. The van der Waals surface area contributed by atoms with Gasteiger partial charge in [0.15, 0.2) is 5.96 Å². The van der Waals surface area contributed by atoms with Gasteiger partial charge in [0.25, 0.3) is 0 Å². The van der Waals surface area contributed by atoms with Gasteiger partial charge in [-0.15, -0.1) is 0 Å². The van der Waals surface area contributed by atoms with Crippen molar-refractivity contribution in [1.29, 1.82) is 0 Å². The Morgan fingerprint density at radius 2 is 2.04 bits per heavy atom. The molecule has 1 aliphatic carbocycles. The molecule has 1 aromatic heterocycles. The molecule has 0 radical (unpaired) electrons. The summed E-state index contributed by atoms with van der Waals surface area (Å²) in [5, 5.41) is 3.45. The van der Waals surface area contributed by atoms with E-state index in [1.165, 1.54) is 12.8 Å². The van der Waals surface area contributed by atoms with E-state index in [2.05, 4.69) is 26.3 Å². The number of hydrogen-bond acceptors (Lipinski definition) is 5. The number of pyridine rings is 1. The minimum absolute atomic E-state index is 0.346. The Morgan fingerprint density at radius 3 is 2.68 bits per heavy atom. The molecule has 2 heterocycles. The highest BCUT2D eigenvalue weighted by atomic mass is 16.5. The van der Waals surface area contributed by atoms with Gasteiger partial charge in [-0.25, -0.2) is 4.98 Å². The van der Waals surface area contributed by atoms with Crippen molar-refractivity contribution >= 4 is 5.96 Å². The molecule has 0 spiro atoms. The first-order chi connectivity index (χ1) is 13.8. The molecule has 1 aliphatic heterocycles. The van der Waals surface area contributed by atoms with Crippen LogP contribution in [0, 0.1) is 5.92 Å². The SMILES string of the molecule is CN=C(NCc1ccc(OCC2CC2)nc1)N1CCC(OCCCOC)CC1. The van der Waals surface area contributed by atoms with Crippen LogP contribution in [-0.2, 0) is 16.0 Å². The normalized spacial score (nSPS) is 18.4. The molecule has 2 fully saturated rings. The average Bonchev–Trinajstić information content (AvgIpc) is 3.56. The van der Waals surface area contributed by atoms with Crippen molar-refractivity contribution in [3.63, 3.8) is 0 Å². The summed E-state index contributed by atoms with van der Waals surface area (Å²) in [6, 6.07) is 4.02. The van der Waals surface area contributed by atoms with E-state index in [4.69, 9.17) is 14.2 Å². The maximum absolute atomic E-state index is 5.94. The fourth-order valence-electron chi connectivity index (χ4n) is 3.29. The zero-order valence-electron chi connectivity index (χ0n) is 17.2. The number of hydrogen-bond donors (Lipinski definition) is 1. The molecular formula is C21H34N4O3. The van der Waals surface area contributed by atoms with Crippen LogP contribution in [0.5, 0.6) is 5.88 Å². The van der Waals surface area contributed by atoms with Crippen molar-refractivity contribution in [3.8, 4) is 5.88 Å². The van der Waals surface area contributed by atoms with Crippen LogP contribution in [0.15, 0.2) is 23.3 Å². The summed E-state index contributed by atoms with van der Waals surface area (Å²) in [6.45, 7) is 4.96. The van der Waals surface area contributed by atoms with Gasteiger partial charge in [0, 0.05) is 59.3 Å². The van der Waals surface area contributed by atoms with Gasteiger partial charge in [0.1, 0.15) is 0 Å². The number of piperidine rings is 1. The second-order valence-electron chi connectivity index (χ2n) is 7.56. The molecule has 28 heavy (non-hydrogen) atoms. The first-order valence-electron chi connectivity index (χ1n) is 10.4. The molecule has 1 aromatic rings. The van der Waals surface area contributed by atoms with Crippen molar-refractivity contribution in [2.45, 2.75) is 44.8 Å². The summed E-state index contributed by atoms with van der Waals surface area (Å²) < 4.78 is 16.7. The summed E-state index contributed by atoms with van der Waals surface area (Å²) in [5.74, 6) is 2.39. The van der Waals surface area contributed by atoms with Crippen molar-refractivity contribution in [3.05, 3.63) is 23.9 Å². The van der Waals surface area contributed by atoms with Crippen LogP contribution in [-0.4, -0.2) is 69.0 Å². The first-order valence-corrected chi connectivity index (χ1v) is 10.4. The molecule has 1 saturated carbocycles. The molecule has 7 nitrogen and oxygen atoms in total. The molecule has 1 saturated heterocycles. The first kappa shape index (κ1) is 20.9. The number of aromatic nitrogens is 1. The third-order valence-electron chi connectivity index (χ3n) is 5.21. The Labute approximate surface area is 168 Å². The maximum atomic E-state index is 5.94. The molecule has 0 amide bonds. The van der Waals surface area contributed by atoms with E-state index in [9.17, 15) is 0 Å². The lowest BCUT2D eigenvalue weighted by atomic mass is 10.1. The molecule has 1 N–H and O–H groups in total. The summed E-state index contributed by atoms with van der Waals surface area (Å²) in [7, 11) is 3.56.